The topological polar surface area (TPSA) is 0 Å². The van der Waals surface area contributed by atoms with Crippen molar-refractivity contribution in [3.05, 3.63) is 40.9 Å². The molecule has 0 atom stereocenters. The summed E-state index contributed by atoms with van der Waals surface area (Å²) >= 11 is 5.95. The number of rotatable bonds is 2. The molecule has 0 aliphatic carbocycles. The summed E-state index contributed by atoms with van der Waals surface area (Å²) < 4.78 is 0. The van der Waals surface area contributed by atoms with E-state index in [1.165, 1.54) is 11.1 Å². The first-order chi connectivity index (χ1) is 6.88. The van der Waals surface area contributed by atoms with Gasteiger partial charge in [-0.2, -0.15) is 0 Å². The standard InChI is InChI=1S/C14H19Cl/c1-11(8-9-14(2,3)4)12-6-5-7-13(15)10-12/h5-8,10H,9H2,1-4H3/b11-8+. The summed E-state index contributed by atoms with van der Waals surface area (Å²) in [5.41, 5.74) is 2.86. The minimum Gasteiger partial charge on any atom is -0.0843 e. The van der Waals surface area contributed by atoms with Crippen LogP contribution in [0.5, 0.6) is 0 Å². The molecule has 0 saturated heterocycles. The average Bonchev–Trinajstić information content (AvgIpc) is 2.13. The van der Waals surface area contributed by atoms with Crippen LogP contribution in [0.3, 0.4) is 0 Å². The summed E-state index contributed by atoms with van der Waals surface area (Å²) in [4.78, 5) is 0. The van der Waals surface area contributed by atoms with Gasteiger partial charge in [-0.15, -0.1) is 0 Å². The summed E-state index contributed by atoms with van der Waals surface area (Å²) in [6, 6.07) is 8.00. The first-order valence-corrected chi connectivity index (χ1v) is 5.69. The van der Waals surface area contributed by atoms with Gasteiger partial charge < -0.3 is 0 Å². The predicted molar refractivity (Wildman–Crippen MR) is 69.2 cm³/mol. The zero-order chi connectivity index (χ0) is 11.5. The number of halogens is 1. The molecule has 0 heterocycles. The maximum atomic E-state index is 5.95. The molecule has 0 fully saturated rings. The van der Waals surface area contributed by atoms with Crippen molar-refractivity contribution >= 4 is 17.2 Å². The highest BCUT2D eigenvalue weighted by Crippen LogP contribution is 2.24. The second-order valence-electron chi connectivity index (χ2n) is 5.16. The Morgan fingerprint density at radius 2 is 2.00 bits per heavy atom. The molecule has 0 saturated carbocycles. The van der Waals surface area contributed by atoms with Crippen LogP contribution in [-0.4, -0.2) is 0 Å². The van der Waals surface area contributed by atoms with Crippen LogP contribution in [0.1, 0.15) is 39.7 Å². The quantitative estimate of drug-likeness (QED) is 0.647. The van der Waals surface area contributed by atoms with Crippen molar-refractivity contribution in [3.8, 4) is 0 Å². The fraction of sp³-hybridized carbons (Fsp3) is 0.429. The van der Waals surface area contributed by atoms with Crippen molar-refractivity contribution in [2.24, 2.45) is 5.41 Å². The Bertz CT molecular complexity index is 356. The Kier molecular flexibility index (Phi) is 3.98. The van der Waals surface area contributed by atoms with Gasteiger partial charge in [0.15, 0.2) is 0 Å². The second kappa shape index (κ2) is 4.85. The van der Waals surface area contributed by atoms with E-state index in [-0.39, 0.29) is 0 Å². The van der Waals surface area contributed by atoms with E-state index < -0.39 is 0 Å². The fourth-order valence-electron chi connectivity index (χ4n) is 1.31. The molecule has 0 N–H and O–H groups in total. The Balaban J connectivity index is 2.80. The molecule has 82 valence electrons. The monoisotopic (exact) mass is 222 g/mol. The van der Waals surface area contributed by atoms with Gasteiger partial charge in [-0.25, -0.2) is 0 Å². The summed E-state index contributed by atoms with van der Waals surface area (Å²) in [5, 5.41) is 0.802. The van der Waals surface area contributed by atoms with Crippen LogP contribution in [-0.2, 0) is 0 Å². The number of hydrogen-bond donors (Lipinski definition) is 0. The van der Waals surface area contributed by atoms with E-state index in [0.717, 1.165) is 11.4 Å². The highest BCUT2D eigenvalue weighted by molar-refractivity contribution is 6.30. The van der Waals surface area contributed by atoms with Crippen LogP contribution in [0.25, 0.3) is 5.57 Å². The van der Waals surface area contributed by atoms with Crippen LogP contribution in [0.15, 0.2) is 30.3 Å². The lowest BCUT2D eigenvalue weighted by Crippen LogP contribution is -2.02. The number of hydrogen-bond acceptors (Lipinski definition) is 0. The maximum absolute atomic E-state index is 5.95. The van der Waals surface area contributed by atoms with Crippen LogP contribution in [0.4, 0.5) is 0 Å². The van der Waals surface area contributed by atoms with Gasteiger partial charge in [-0.05, 0) is 42.0 Å². The van der Waals surface area contributed by atoms with Gasteiger partial charge in [0.05, 0.1) is 0 Å². The Morgan fingerprint density at radius 1 is 1.33 bits per heavy atom. The molecule has 0 unspecified atom stereocenters. The third-order valence-corrected chi connectivity index (χ3v) is 2.54. The van der Waals surface area contributed by atoms with Crippen molar-refractivity contribution in [3.63, 3.8) is 0 Å². The lowest BCUT2D eigenvalue weighted by Gasteiger charge is -2.15. The minimum absolute atomic E-state index is 0.347. The van der Waals surface area contributed by atoms with E-state index in [4.69, 9.17) is 11.6 Å². The number of benzene rings is 1. The van der Waals surface area contributed by atoms with E-state index in [1.807, 2.05) is 18.2 Å². The normalized spacial score (nSPS) is 13.0. The molecular weight excluding hydrogens is 204 g/mol. The van der Waals surface area contributed by atoms with Gasteiger partial charge in [0.1, 0.15) is 0 Å². The zero-order valence-electron chi connectivity index (χ0n) is 9.97. The van der Waals surface area contributed by atoms with Crippen molar-refractivity contribution in [2.45, 2.75) is 34.1 Å². The second-order valence-corrected chi connectivity index (χ2v) is 5.60. The first-order valence-electron chi connectivity index (χ1n) is 5.31. The summed E-state index contributed by atoms with van der Waals surface area (Å²) in [6.45, 7) is 8.87. The van der Waals surface area contributed by atoms with Gasteiger partial charge in [-0.3, -0.25) is 0 Å². The molecule has 0 aromatic heterocycles. The largest absolute Gasteiger partial charge is 0.0843 e. The van der Waals surface area contributed by atoms with Crippen LogP contribution in [0, 0.1) is 5.41 Å². The summed E-state index contributed by atoms with van der Waals surface area (Å²) in [5.74, 6) is 0. The van der Waals surface area contributed by atoms with Crippen LogP contribution in [0.2, 0.25) is 5.02 Å². The summed E-state index contributed by atoms with van der Waals surface area (Å²) in [7, 11) is 0. The average molecular weight is 223 g/mol. The predicted octanol–water partition coefficient (Wildman–Crippen LogP) is 5.18. The van der Waals surface area contributed by atoms with Gasteiger partial charge >= 0.3 is 0 Å². The third-order valence-electron chi connectivity index (χ3n) is 2.30. The Hall–Kier alpha value is -0.750. The molecule has 0 spiro atoms. The van der Waals surface area contributed by atoms with Crippen molar-refractivity contribution in [2.75, 3.05) is 0 Å². The minimum atomic E-state index is 0.347. The lowest BCUT2D eigenvalue weighted by molar-refractivity contribution is 0.421. The van der Waals surface area contributed by atoms with Crippen molar-refractivity contribution in [1.29, 1.82) is 0 Å². The Labute approximate surface area is 98.0 Å². The Morgan fingerprint density at radius 3 is 2.53 bits per heavy atom. The van der Waals surface area contributed by atoms with Crippen molar-refractivity contribution in [1.82, 2.24) is 0 Å². The highest BCUT2D eigenvalue weighted by atomic mass is 35.5. The molecule has 15 heavy (non-hydrogen) atoms. The summed E-state index contributed by atoms with van der Waals surface area (Å²) in [6.07, 6.45) is 3.37. The van der Waals surface area contributed by atoms with Gasteiger partial charge in [0.25, 0.3) is 0 Å². The van der Waals surface area contributed by atoms with E-state index in [1.54, 1.807) is 0 Å². The van der Waals surface area contributed by atoms with Gasteiger partial charge in [-0.1, -0.05) is 50.6 Å². The molecule has 0 aliphatic heterocycles. The maximum Gasteiger partial charge on any atom is 0.0412 e. The smallest absolute Gasteiger partial charge is 0.0412 e. The van der Waals surface area contributed by atoms with E-state index >= 15 is 0 Å². The molecule has 1 aromatic carbocycles. The van der Waals surface area contributed by atoms with Gasteiger partial charge in [0, 0.05) is 5.02 Å². The molecule has 0 aliphatic rings. The third kappa shape index (κ3) is 4.53. The molecule has 0 radical (unpaired) electrons. The molecule has 1 rings (SSSR count). The van der Waals surface area contributed by atoms with E-state index in [0.29, 0.717) is 5.41 Å². The highest BCUT2D eigenvalue weighted by Gasteiger charge is 2.07. The molecule has 0 nitrogen and oxygen atoms in total. The van der Waals surface area contributed by atoms with E-state index in [9.17, 15) is 0 Å². The SMILES string of the molecule is C/C(=C\CC(C)(C)C)c1cccc(Cl)c1. The molecular formula is C14H19Cl. The molecule has 0 bridgehead atoms. The molecule has 1 heteroatoms. The zero-order valence-corrected chi connectivity index (χ0v) is 10.7. The molecule has 1 aromatic rings. The fourth-order valence-corrected chi connectivity index (χ4v) is 1.50. The number of allylic oxidation sites excluding steroid dienone is 2. The van der Waals surface area contributed by atoms with Crippen molar-refractivity contribution < 1.29 is 0 Å². The van der Waals surface area contributed by atoms with E-state index in [2.05, 4.69) is 39.8 Å². The lowest BCUT2D eigenvalue weighted by atomic mass is 9.90. The first kappa shape index (κ1) is 12.3. The van der Waals surface area contributed by atoms with Gasteiger partial charge in [0.2, 0.25) is 0 Å². The van der Waals surface area contributed by atoms with Crippen LogP contribution >= 0.6 is 11.6 Å². The van der Waals surface area contributed by atoms with Crippen LogP contribution < -0.4 is 0 Å². The molecule has 0 amide bonds.